The van der Waals surface area contributed by atoms with Crippen LogP contribution in [0, 0.1) is 5.92 Å². The SMILES string of the molecule is CCC1C(=O)NC(C2CC2)C(=O)N1C(C)C1CCCO1. The van der Waals surface area contributed by atoms with Gasteiger partial charge in [-0.1, -0.05) is 6.92 Å². The second-order valence-corrected chi connectivity index (χ2v) is 6.29. The predicted molar refractivity (Wildman–Crippen MR) is 74.0 cm³/mol. The van der Waals surface area contributed by atoms with Crippen molar-refractivity contribution in [1.82, 2.24) is 10.2 Å². The van der Waals surface area contributed by atoms with Crippen LogP contribution in [-0.2, 0) is 14.3 Å². The van der Waals surface area contributed by atoms with Crippen molar-refractivity contribution in [2.45, 2.75) is 70.2 Å². The zero-order valence-corrected chi connectivity index (χ0v) is 12.3. The Labute approximate surface area is 120 Å². The summed E-state index contributed by atoms with van der Waals surface area (Å²) in [6.45, 7) is 4.76. The molecule has 4 atom stereocenters. The van der Waals surface area contributed by atoms with Crippen LogP contribution >= 0.6 is 0 Å². The van der Waals surface area contributed by atoms with Crippen molar-refractivity contribution in [1.29, 1.82) is 0 Å². The third-order valence-corrected chi connectivity index (χ3v) is 4.88. The van der Waals surface area contributed by atoms with Crippen LogP contribution in [-0.4, -0.2) is 47.6 Å². The molecule has 0 aromatic heterocycles. The van der Waals surface area contributed by atoms with Crippen molar-refractivity contribution in [2.24, 2.45) is 5.92 Å². The highest BCUT2D eigenvalue weighted by Crippen LogP contribution is 2.36. The van der Waals surface area contributed by atoms with Crippen LogP contribution in [0.1, 0.15) is 46.0 Å². The van der Waals surface area contributed by atoms with Crippen LogP contribution in [0.4, 0.5) is 0 Å². The van der Waals surface area contributed by atoms with Gasteiger partial charge in [-0.05, 0) is 44.9 Å². The number of nitrogens with zero attached hydrogens (tertiary/aromatic N) is 1. The van der Waals surface area contributed by atoms with E-state index in [9.17, 15) is 9.59 Å². The van der Waals surface area contributed by atoms with E-state index < -0.39 is 0 Å². The summed E-state index contributed by atoms with van der Waals surface area (Å²) in [6, 6.07) is -0.645. The van der Waals surface area contributed by atoms with Crippen LogP contribution in [0.5, 0.6) is 0 Å². The van der Waals surface area contributed by atoms with Gasteiger partial charge in [-0.25, -0.2) is 0 Å². The van der Waals surface area contributed by atoms with E-state index in [2.05, 4.69) is 5.32 Å². The fraction of sp³-hybridized carbons (Fsp3) is 0.867. The minimum atomic E-state index is -0.336. The Morgan fingerprint density at radius 1 is 1.35 bits per heavy atom. The summed E-state index contributed by atoms with van der Waals surface area (Å²) in [5, 5.41) is 2.93. The minimum absolute atomic E-state index is 0.00819. The summed E-state index contributed by atoms with van der Waals surface area (Å²) in [7, 11) is 0. The number of nitrogens with one attached hydrogen (secondary N) is 1. The van der Waals surface area contributed by atoms with Crippen molar-refractivity contribution in [3.8, 4) is 0 Å². The molecule has 3 fully saturated rings. The Balaban J connectivity index is 1.81. The van der Waals surface area contributed by atoms with Crippen LogP contribution in [0.25, 0.3) is 0 Å². The van der Waals surface area contributed by atoms with Gasteiger partial charge in [-0.15, -0.1) is 0 Å². The molecule has 3 aliphatic rings. The van der Waals surface area contributed by atoms with Gasteiger partial charge in [0.1, 0.15) is 12.1 Å². The fourth-order valence-electron chi connectivity index (χ4n) is 3.53. The second kappa shape index (κ2) is 5.35. The summed E-state index contributed by atoms with van der Waals surface area (Å²) in [4.78, 5) is 26.9. The molecule has 2 heterocycles. The minimum Gasteiger partial charge on any atom is -0.376 e. The predicted octanol–water partition coefficient (Wildman–Crippen LogP) is 1.07. The molecule has 1 N–H and O–H groups in total. The van der Waals surface area contributed by atoms with Gasteiger partial charge >= 0.3 is 0 Å². The lowest BCUT2D eigenvalue weighted by atomic mass is 9.97. The average molecular weight is 280 g/mol. The van der Waals surface area contributed by atoms with Gasteiger partial charge in [0.05, 0.1) is 12.1 Å². The van der Waals surface area contributed by atoms with Crippen molar-refractivity contribution >= 4 is 11.8 Å². The normalized spacial score (nSPS) is 36.1. The number of piperazine rings is 1. The fourth-order valence-corrected chi connectivity index (χ4v) is 3.53. The van der Waals surface area contributed by atoms with E-state index in [-0.39, 0.29) is 36.0 Å². The highest BCUT2D eigenvalue weighted by Gasteiger charge is 2.48. The summed E-state index contributed by atoms with van der Waals surface area (Å²) in [6.07, 6.45) is 4.87. The van der Waals surface area contributed by atoms with Crippen LogP contribution in [0.2, 0.25) is 0 Å². The number of ether oxygens (including phenoxy) is 1. The lowest BCUT2D eigenvalue weighted by Crippen LogP contribution is -2.67. The van der Waals surface area contributed by atoms with E-state index >= 15 is 0 Å². The first kappa shape index (κ1) is 13.9. The third kappa shape index (κ3) is 2.32. The standard InChI is InChI=1S/C15H24N2O3/c1-3-11-14(18)16-13(10-6-7-10)15(19)17(11)9(2)12-5-4-8-20-12/h9-13H,3-8H2,1-2H3,(H,16,18). The number of rotatable bonds is 4. The number of hydrogen-bond donors (Lipinski definition) is 1. The zero-order valence-electron chi connectivity index (χ0n) is 12.3. The van der Waals surface area contributed by atoms with E-state index in [4.69, 9.17) is 4.74 Å². The Kier molecular flexibility index (Phi) is 3.71. The summed E-state index contributed by atoms with van der Waals surface area (Å²) in [5.74, 6) is 0.458. The van der Waals surface area contributed by atoms with Crippen LogP contribution in [0.3, 0.4) is 0 Å². The molecule has 0 spiro atoms. The zero-order chi connectivity index (χ0) is 14.3. The molecule has 3 rings (SSSR count). The van der Waals surface area contributed by atoms with Gasteiger partial charge in [0, 0.05) is 6.61 Å². The molecule has 0 bridgehead atoms. The average Bonchev–Trinajstić information content (AvgIpc) is 3.13. The Morgan fingerprint density at radius 3 is 2.65 bits per heavy atom. The summed E-state index contributed by atoms with van der Waals surface area (Å²) >= 11 is 0. The molecule has 4 unspecified atom stereocenters. The van der Waals surface area contributed by atoms with Crippen molar-refractivity contribution in [2.75, 3.05) is 6.61 Å². The summed E-state index contributed by atoms with van der Waals surface area (Å²) in [5.41, 5.74) is 0. The summed E-state index contributed by atoms with van der Waals surface area (Å²) < 4.78 is 5.73. The molecule has 112 valence electrons. The Morgan fingerprint density at radius 2 is 2.10 bits per heavy atom. The molecule has 2 aliphatic heterocycles. The second-order valence-electron chi connectivity index (χ2n) is 6.29. The molecule has 1 aliphatic carbocycles. The van der Waals surface area contributed by atoms with Crippen LogP contribution in [0.15, 0.2) is 0 Å². The van der Waals surface area contributed by atoms with E-state index in [0.717, 1.165) is 32.3 Å². The van der Waals surface area contributed by atoms with E-state index in [1.165, 1.54) is 0 Å². The maximum atomic E-state index is 12.8. The van der Waals surface area contributed by atoms with Crippen LogP contribution < -0.4 is 5.32 Å². The van der Waals surface area contributed by atoms with Gasteiger partial charge in [0.2, 0.25) is 11.8 Å². The largest absolute Gasteiger partial charge is 0.376 e. The Bertz CT molecular complexity index is 402. The smallest absolute Gasteiger partial charge is 0.246 e. The molecule has 2 saturated heterocycles. The highest BCUT2D eigenvalue weighted by molar-refractivity contribution is 5.97. The maximum absolute atomic E-state index is 12.8. The number of carbonyl (C=O) groups excluding carboxylic acids is 2. The number of hydrogen-bond acceptors (Lipinski definition) is 3. The maximum Gasteiger partial charge on any atom is 0.246 e. The molecule has 2 amide bonds. The lowest BCUT2D eigenvalue weighted by Gasteiger charge is -2.43. The van der Waals surface area contributed by atoms with Gasteiger partial charge < -0.3 is 15.0 Å². The highest BCUT2D eigenvalue weighted by atomic mass is 16.5. The molecule has 20 heavy (non-hydrogen) atoms. The quantitative estimate of drug-likeness (QED) is 0.838. The van der Waals surface area contributed by atoms with Crippen molar-refractivity contribution < 1.29 is 14.3 Å². The van der Waals surface area contributed by atoms with E-state index in [1.54, 1.807) is 0 Å². The molecule has 5 heteroatoms. The van der Waals surface area contributed by atoms with E-state index in [1.807, 2.05) is 18.7 Å². The van der Waals surface area contributed by atoms with Gasteiger partial charge in [0.25, 0.3) is 0 Å². The van der Waals surface area contributed by atoms with Gasteiger partial charge in [-0.2, -0.15) is 0 Å². The molecule has 5 nitrogen and oxygen atoms in total. The molecule has 1 saturated carbocycles. The van der Waals surface area contributed by atoms with Gasteiger partial charge in [-0.3, -0.25) is 9.59 Å². The Hall–Kier alpha value is -1.10. The number of amides is 2. The van der Waals surface area contributed by atoms with Gasteiger partial charge in [0.15, 0.2) is 0 Å². The first-order chi connectivity index (χ1) is 9.63. The first-order valence-electron chi connectivity index (χ1n) is 7.87. The molecular weight excluding hydrogens is 256 g/mol. The molecule has 0 aromatic rings. The number of carbonyl (C=O) groups is 2. The molecular formula is C15H24N2O3. The first-order valence-corrected chi connectivity index (χ1v) is 7.87. The topological polar surface area (TPSA) is 58.6 Å². The molecule has 0 aromatic carbocycles. The van der Waals surface area contributed by atoms with E-state index in [0.29, 0.717) is 12.3 Å². The lowest BCUT2D eigenvalue weighted by molar-refractivity contribution is -0.155. The monoisotopic (exact) mass is 280 g/mol. The van der Waals surface area contributed by atoms with Crippen molar-refractivity contribution in [3.05, 3.63) is 0 Å². The third-order valence-electron chi connectivity index (χ3n) is 4.88. The van der Waals surface area contributed by atoms with Crippen molar-refractivity contribution in [3.63, 3.8) is 0 Å². The molecule has 0 radical (unpaired) electrons.